The third-order valence-corrected chi connectivity index (χ3v) is 10.3. The van der Waals surface area contributed by atoms with Gasteiger partial charge in [-0.2, -0.15) is 0 Å². The number of nitrogens with two attached hydrogens (primary N) is 1. The third-order valence-electron chi connectivity index (χ3n) is 10.3. The van der Waals surface area contributed by atoms with E-state index in [1.807, 2.05) is 0 Å². The first-order valence-corrected chi connectivity index (χ1v) is 14.3. The number of aromatic nitrogens is 2. The third kappa shape index (κ3) is 3.53. The molecule has 0 saturated heterocycles. The number of carbonyl (C=O) groups is 2. The van der Waals surface area contributed by atoms with Crippen LogP contribution in [0.3, 0.4) is 0 Å². The molecule has 9 nitrogen and oxygen atoms in total. The minimum atomic E-state index is -1.94. The van der Waals surface area contributed by atoms with Gasteiger partial charge < -0.3 is 25.3 Å². The summed E-state index contributed by atoms with van der Waals surface area (Å²) < 4.78 is 22.1. The van der Waals surface area contributed by atoms with Crippen molar-refractivity contribution in [2.75, 3.05) is 6.61 Å². The summed E-state index contributed by atoms with van der Waals surface area (Å²) in [5, 5.41) is 22.0. The van der Waals surface area contributed by atoms with Gasteiger partial charge in [0.25, 0.3) is 5.56 Å². The lowest BCUT2D eigenvalue weighted by Gasteiger charge is -2.34. The molecule has 2 aromatic heterocycles. The van der Waals surface area contributed by atoms with E-state index in [9.17, 15) is 24.6 Å². The average molecular weight is 562 g/mol. The van der Waals surface area contributed by atoms with Crippen molar-refractivity contribution in [3.63, 3.8) is 0 Å². The Morgan fingerprint density at radius 1 is 1.20 bits per heavy atom. The van der Waals surface area contributed by atoms with E-state index in [2.05, 4.69) is 0 Å². The Bertz CT molecular complexity index is 1750. The molecule has 2 aliphatic heterocycles. The molecule has 2 aliphatic carbocycles. The van der Waals surface area contributed by atoms with Gasteiger partial charge in [0.1, 0.15) is 12.4 Å². The Morgan fingerprint density at radius 2 is 1.95 bits per heavy atom. The van der Waals surface area contributed by atoms with Gasteiger partial charge in [-0.15, -0.1) is 0 Å². The number of halogens is 1. The number of rotatable bonds is 4. The highest BCUT2D eigenvalue weighted by atomic mass is 19.1. The van der Waals surface area contributed by atoms with Crippen LogP contribution in [0.4, 0.5) is 4.39 Å². The maximum Gasteiger partial charge on any atom is 0.343 e. The summed E-state index contributed by atoms with van der Waals surface area (Å²) in [5.41, 5.74) is 8.75. The second-order valence-corrected chi connectivity index (χ2v) is 12.2. The van der Waals surface area contributed by atoms with Crippen LogP contribution in [0.5, 0.6) is 0 Å². The predicted molar refractivity (Wildman–Crippen MR) is 146 cm³/mol. The predicted octanol–water partition coefficient (Wildman–Crippen LogP) is 2.36. The fourth-order valence-electron chi connectivity index (χ4n) is 8.04. The summed E-state index contributed by atoms with van der Waals surface area (Å²) in [5.74, 6) is -1.97. The number of benzene rings is 1. The lowest BCUT2D eigenvalue weighted by molar-refractivity contribution is -0.172. The average Bonchev–Trinajstić information content (AvgIpc) is 3.56. The number of fused-ring (bicyclic) bond motifs is 5. The number of ether oxygens (including phenoxy) is 1. The maximum absolute atomic E-state index is 15.3. The quantitative estimate of drug-likeness (QED) is 0.325. The van der Waals surface area contributed by atoms with E-state index in [0.29, 0.717) is 48.2 Å². The lowest BCUT2D eigenvalue weighted by atomic mass is 9.71. The first-order valence-electron chi connectivity index (χ1n) is 14.3. The Labute approximate surface area is 235 Å². The molecule has 0 bridgehead atoms. The zero-order valence-electron chi connectivity index (χ0n) is 23.0. The Balaban J connectivity index is 1.43. The van der Waals surface area contributed by atoms with Gasteiger partial charge in [0, 0.05) is 35.1 Å². The number of hydrogen-bond donors (Lipinski definition) is 3. The summed E-state index contributed by atoms with van der Waals surface area (Å²) >= 11 is 0. The number of nitrogens with zero attached hydrogens (tertiary/aromatic N) is 2. The van der Waals surface area contributed by atoms with E-state index in [1.54, 1.807) is 24.5 Å². The van der Waals surface area contributed by atoms with Crippen molar-refractivity contribution in [1.82, 2.24) is 9.55 Å². The summed E-state index contributed by atoms with van der Waals surface area (Å²) in [7, 11) is 0. The van der Waals surface area contributed by atoms with Gasteiger partial charge in [0.05, 0.1) is 29.0 Å². The molecule has 41 heavy (non-hydrogen) atoms. The summed E-state index contributed by atoms with van der Waals surface area (Å²) in [4.78, 5) is 43.6. The van der Waals surface area contributed by atoms with E-state index in [4.69, 9.17) is 15.5 Å². The molecule has 0 spiro atoms. The topological polar surface area (TPSA) is 145 Å². The van der Waals surface area contributed by atoms with E-state index in [1.165, 1.54) is 6.07 Å². The van der Waals surface area contributed by atoms with Crippen LogP contribution < -0.4 is 11.3 Å². The maximum atomic E-state index is 15.3. The molecular weight excluding hydrogens is 529 g/mol. The molecule has 3 aromatic rings. The molecule has 1 aromatic carbocycles. The molecule has 4 unspecified atom stereocenters. The Morgan fingerprint density at radius 3 is 2.66 bits per heavy atom. The van der Waals surface area contributed by atoms with Gasteiger partial charge in [0.2, 0.25) is 5.91 Å². The van der Waals surface area contributed by atoms with Crippen molar-refractivity contribution in [3.8, 4) is 11.4 Å². The Hall–Kier alpha value is -3.63. The van der Waals surface area contributed by atoms with Crippen molar-refractivity contribution in [2.45, 2.75) is 64.7 Å². The number of hydrogen-bond acceptors (Lipinski definition) is 7. The highest BCUT2D eigenvalue weighted by Gasteiger charge is 2.47. The molecular formula is C31H32FN3O6. The first kappa shape index (κ1) is 26.3. The molecule has 214 valence electrons. The van der Waals surface area contributed by atoms with Crippen LogP contribution in [0.15, 0.2) is 16.9 Å². The normalized spacial score (nSPS) is 27.9. The van der Waals surface area contributed by atoms with Crippen LogP contribution in [-0.2, 0) is 45.9 Å². The number of aliphatic hydroxyl groups is 2. The van der Waals surface area contributed by atoms with E-state index < -0.39 is 11.6 Å². The molecule has 1 saturated carbocycles. The number of amides is 1. The minimum Gasteiger partial charge on any atom is -0.458 e. The van der Waals surface area contributed by atoms with Crippen molar-refractivity contribution < 1.29 is 28.9 Å². The largest absolute Gasteiger partial charge is 0.458 e. The van der Waals surface area contributed by atoms with Crippen molar-refractivity contribution >= 4 is 22.8 Å². The van der Waals surface area contributed by atoms with Gasteiger partial charge in [0.15, 0.2) is 5.60 Å². The second kappa shape index (κ2) is 8.93. The fourth-order valence-corrected chi connectivity index (χ4v) is 8.04. The smallest absolute Gasteiger partial charge is 0.343 e. The summed E-state index contributed by atoms with van der Waals surface area (Å²) in [6, 6.07) is 3.09. The van der Waals surface area contributed by atoms with Gasteiger partial charge >= 0.3 is 5.97 Å². The van der Waals surface area contributed by atoms with Gasteiger partial charge in [-0.25, -0.2) is 14.2 Å². The fraction of sp³-hybridized carbons (Fsp3) is 0.484. The molecule has 4 heterocycles. The SMILES string of the molecule is CC[C@@]1(O)C(=O)OCc2c1cc1n(c2=O)Cc2c-1nc1cc(F)c(C)c3c1c2CC(C1CC(CO)CC1C(N)=O)C3. The summed E-state index contributed by atoms with van der Waals surface area (Å²) in [6.45, 7) is 3.44. The molecule has 7 rings (SSSR count). The molecule has 0 radical (unpaired) electrons. The molecule has 1 fully saturated rings. The highest BCUT2D eigenvalue weighted by molar-refractivity contribution is 5.93. The van der Waals surface area contributed by atoms with Crippen molar-refractivity contribution in [1.29, 1.82) is 0 Å². The number of pyridine rings is 2. The monoisotopic (exact) mass is 561 g/mol. The summed E-state index contributed by atoms with van der Waals surface area (Å²) in [6.07, 6.45) is 2.43. The zero-order chi connectivity index (χ0) is 29.0. The molecule has 1 amide bonds. The number of esters is 1. The van der Waals surface area contributed by atoms with E-state index in [-0.39, 0.29) is 78.3 Å². The first-order chi connectivity index (χ1) is 19.6. The molecule has 4 aliphatic rings. The van der Waals surface area contributed by atoms with Crippen LogP contribution in [0, 0.1) is 36.4 Å². The number of primary amides is 1. The highest BCUT2D eigenvalue weighted by Crippen LogP contribution is 2.49. The van der Waals surface area contributed by atoms with E-state index in [0.717, 1.165) is 22.1 Å². The van der Waals surface area contributed by atoms with Crippen LogP contribution >= 0.6 is 0 Å². The molecule has 4 N–H and O–H groups in total. The van der Waals surface area contributed by atoms with Crippen LogP contribution in [0.2, 0.25) is 0 Å². The molecule has 5 atom stereocenters. The van der Waals surface area contributed by atoms with Gasteiger partial charge in [-0.3, -0.25) is 9.59 Å². The number of carbonyl (C=O) groups excluding carboxylic acids is 2. The van der Waals surface area contributed by atoms with E-state index >= 15 is 4.39 Å². The molecule has 10 heteroatoms. The van der Waals surface area contributed by atoms with Crippen LogP contribution in [-0.4, -0.2) is 38.2 Å². The van der Waals surface area contributed by atoms with Gasteiger partial charge in [-0.05, 0) is 79.5 Å². The second-order valence-electron chi connectivity index (χ2n) is 12.2. The Kier molecular flexibility index (Phi) is 5.73. The van der Waals surface area contributed by atoms with Crippen LogP contribution in [0.25, 0.3) is 22.3 Å². The number of cyclic esters (lactones) is 1. The number of aliphatic hydroxyl groups excluding tert-OH is 1. The van der Waals surface area contributed by atoms with Crippen molar-refractivity contribution in [2.24, 2.45) is 29.4 Å². The van der Waals surface area contributed by atoms with Gasteiger partial charge in [-0.1, -0.05) is 6.92 Å². The lowest BCUT2D eigenvalue weighted by Crippen LogP contribution is -2.44. The van der Waals surface area contributed by atoms with Crippen LogP contribution in [0.1, 0.15) is 59.6 Å². The standard InChI is InChI=1S/C31H32FN3O6/c1-3-31(40)22-8-25-27-20(10-35(25)29(38)21(22)12-41-30(31)39)18-7-15(17-4-14(11-36)5-19(17)28(33)37)6-16-13(2)23(32)9-24(34-27)26(16)18/h8-9,14-15,17,19,36,40H,3-7,10-12H2,1-2H3,(H2,33,37)/t14?,15?,17?,19?,31-/m0/s1. The minimum absolute atomic E-state index is 0.00315. The van der Waals surface area contributed by atoms with Crippen molar-refractivity contribution in [3.05, 3.63) is 61.7 Å². The zero-order valence-corrected chi connectivity index (χ0v) is 23.0.